The van der Waals surface area contributed by atoms with Gasteiger partial charge < -0.3 is 15.1 Å². The molecular formula is C24H21FIN3O2. The van der Waals surface area contributed by atoms with Gasteiger partial charge in [0.2, 0.25) is 0 Å². The number of carbonyl (C=O) groups excluding carboxylic acids is 2. The Hall–Kier alpha value is -2.94. The zero-order chi connectivity index (χ0) is 21.8. The summed E-state index contributed by atoms with van der Waals surface area (Å²) in [5, 5.41) is 2.91. The van der Waals surface area contributed by atoms with Crippen LogP contribution < -0.4 is 10.2 Å². The standard InChI is InChI=1S/C24H21FIN3O2/c25-22-7-2-1-6-21(22)24(31)29-14-12-28(13-15-29)20-10-8-19(9-11-20)27-23(30)17-4-3-5-18(26)16-17/h1-11,16H,12-15H2,(H,27,30). The van der Waals surface area contributed by atoms with Crippen LogP contribution in [0, 0.1) is 9.39 Å². The fourth-order valence-electron chi connectivity index (χ4n) is 3.56. The summed E-state index contributed by atoms with van der Waals surface area (Å²) in [7, 11) is 0. The Morgan fingerprint density at radius 3 is 2.26 bits per heavy atom. The summed E-state index contributed by atoms with van der Waals surface area (Å²) in [6, 6.07) is 21.2. The van der Waals surface area contributed by atoms with E-state index in [4.69, 9.17) is 0 Å². The molecule has 0 radical (unpaired) electrons. The fraction of sp³-hybridized carbons (Fsp3) is 0.167. The predicted molar refractivity (Wildman–Crippen MR) is 128 cm³/mol. The molecule has 1 aliphatic rings. The topological polar surface area (TPSA) is 52.7 Å². The second kappa shape index (κ2) is 9.47. The summed E-state index contributed by atoms with van der Waals surface area (Å²) >= 11 is 2.18. The maximum atomic E-state index is 13.9. The first-order chi connectivity index (χ1) is 15.0. The molecular weight excluding hydrogens is 508 g/mol. The first-order valence-electron chi connectivity index (χ1n) is 9.97. The summed E-state index contributed by atoms with van der Waals surface area (Å²) in [6.07, 6.45) is 0. The van der Waals surface area contributed by atoms with Gasteiger partial charge in [0.1, 0.15) is 5.82 Å². The van der Waals surface area contributed by atoms with E-state index in [1.165, 1.54) is 12.1 Å². The number of amides is 2. The van der Waals surface area contributed by atoms with Crippen molar-refractivity contribution in [1.82, 2.24) is 4.90 Å². The van der Waals surface area contributed by atoms with Gasteiger partial charge >= 0.3 is 0 Å². The average Bonchev–Trinajstić information content (AvgIpc) is 2.79. The molecule has 5 nitrogen and oxygen atoms in total. The van der Waals surface area contributed by atoms with Gasteiger partial charge in [-0.2, -0.15) is 0 Å². The highest BCUT2D eigenvalue weighted by atomic mass is 127. The average molecular weight is 529 g/mol. The quantitative estimate of drug-likeness (QED) is 0.501. The predicted octanol–water partition coefficient (Wildman–Crippen LogP) is 4.65. The Morgan fingerprint density at radius 1 is 0.871 bits per heavy atom. The van der Waals surface area contributed by atoms with E-state index in [1.807, 2.05) is 42.5 Å². The van der Waals surface area contributed by atoms with E-state index in [2.05, 4.69) is 32.8 Å². The van der Waals surface area contributed by atoms with E-state index in [9.17, 15) is 14.0 Å². The van der Waals surface area contributed by atoms with Crippen LogP contribution in [0.25, 0.3) is 0 Å². The third-order valence-corrected chi connectivity index (χ3v) is 5.92. The number of anilines is 2. The molecule has 3 aromatic rings. The van der Waals surface area contributed by atoms with Crippen LogP contribution in [0.3, 0.4) is 0 Å². The Balaban J connectivity index is 1.35. The number of carbonyl (C=O) groups is 2. The van der Waals surface area contributed by atoms with E-state index in [0.29, 0.717) is 31.7 Å². The molecule has 2 amide bonds. The summed E-state index contributed by atoms with van der Waals surface area (Å²) in [5.74, 6) is -0.907. The zero-order valence-corrected chi connectivity index (χ0v) is 18.9. The highest BCUT2D eigenvalue weighted by Crippen LogP contribution is 2.21. The molecule has 0 unspecified atom stereocenters. The molecule has 0 bridgehead atoms. The van der Waals surface area contributed by atoms with Gasteiger partial charge in [0.05, 0.1) is 5.56 Å². The Morgan fingerprint density at radius 2 is 1.58 bits per heavy atom. The molecule has 4 rings (SSSR count). The summed E-state index contributed by atoms with van der Waals surface area (Å²) in [6.45, 7) is 2.37. The fourth-order valence-corrected chi connectivity index (χ4v) is 4.10. The molecule has 1 heterocycles. The van der Waals surface area contributed by atoms with Gasteiger partial charge in [0, 0.05) is 46.7 Å². The molecule has 0 aliphatic carbocycles. The molecule has 0 spiro atoms. The Bertz CT molecular complexity index is 1100. The third-order valence-electron chi connectivity index (χ3n) is 5.25. The number of benzene rings is 3. The van der Waals surface area contributed by atoms with Crippen molar-refractivity contribution >= 4 is 45.8 Å². The van der Waals surface area contributed by atoms with Crippen LogP contribution in [0.15, 0.2) is 72.8 Å². The lowest BCUT2D eigenvalue weighted by Crippen LogP contribution is -2.49. The monoisotopic (exact) mass is 529 g/mol. The van der Waals surface area contributed by atoms with Crippen LogP contribution in [-0.2, 0) is 0 Å². The summed E-state index contributed by atoms with van der Waals surface area (Å²) in [4.78, 5) is 28.8. The van der Waals surface area contributed by atoms with Crippen molar-refractivity contribution in [3.8, 4) is 0 Å². The number of hydrogen-bond donors (Lipinski definition) is 1. The van der Waals surface area contributed by atoms with Crippen LogP contribution in [0.4, 0.5) is 15.8 Å². The van der Waals surface area contributed by atoms with Gasteiger partial charge in [-0.25, -0.2) is 4.39 Å². The van der Waals surface area contributed by atoms with E-state index >= 15 is 0 Å². The minimum absolute atomic E-state index is 0.115. The van der Waals surface area contributed by atoms with E-state index in [0.717, 1.165) is 14.9 Å². The maximum absolute atomic E-state index is 13.9. The number of piperazine rings is 1. The largest absolute Gasteiger partial charge is 0.368 e. The summed E-state index contributed by atoms with van der Waals surface area (Å²) in [5.41, 5.74) is 2.47. The number of nitrogens with zero attached hydrogens (tertiary/aromatic N) is 2. The number of nitrogens with one attached hydrogen (secondary N) is 1. The van der Waals surface area contributed by atoms with Crippen LogP contribution in [0.1, 0.15) is 20.7 Å². The van der Waals surface area contributed by atoms with Crippen LogP contribution in [0.5, 0.6) is 0 Å². The summed E-state index contributed by atoms with van der Waals surface area (Å²) < 4.78 is 14.9. The van der Waals surface area contributed by atoms with Crippen LogP contribution in [-0.4, -0.2) is 42.9 Å². The lowest BCUT2D eigenvalue weighted by molar-refractivity contribution is 0.0742. The van der Waals surface area contributed by atoms with Crippen molar-refractivity contribution in [1.29, 1.82) is 0 Å². The van der Waals surface area contributed by atoms with Crippen molar-refractivity contribution < 1.29 is 14.0 Å². The normalized spacial score (nSPS) is 13.7. The molecule has 1 fully saturated rings. The lowest BCUT2D eigenvalue weighted by Gasteiger charge is -2.36. The van der Waals surface area contributed by atoms with E-state index in [1.54, 1.807) is 23.1 Å². The second-order valence-corrected chi connectivity index (χ2v) is 8.52. The Kier molecular flexibility index (Phi) is 6.50. The molecule has 0 saturated carbocycles. The molecule has 7 heteroatoms. The SMILES string of the molecule is O=C(Nc1ccc(N2CCN(C(=O)c3ccccc3F)CC2)cc1)c1cccc(I)c1. The molecule has 1 saturated heterocycles. The molecule has 1 N–H and O–H groups in total. The highest BCUT2D eigenvalue weighted by Gasteiger charge is 2.24. The van der Waals surface area contributed by atoms with Gasteiger partial charge in [0.15, 0.2) is 0 Å². The smallest absolute Gasteiger partial charge is 0.256 e. The molecule has 0 atom stereocenters. The minimum Gasteiger partial charge on any atom is -0.368 e. The molecule has 1 aliphatic heterocycles. The van der Waals surface area contributed by atoms with Gasteiger partial charge in [-0.15, -0.1) is 0 Å². The van der Waals surface area contributed by atoms with Crippen molar-refractivity contribution in [3.63, 3.8) is 0 Å². The minimum atomic E-state index is -0.488. The van der Waals surface area contributed by atoms with Crippen molar-refractivity contribution in [2.45, 2.75) is 0 Å². The number of hydrogen-bond acceptors (Lipinski definition) is 3. The molecule has 3 aromatic carbocycles. The number of rotatable bonds is 4. The lowest BCUT2D eigenvalue weighted by atomic mass is 10.1. The first-order valence-corrected chi connectivity index (χ1v) is 11.0. The van der Waals surface area contributed by atoms with E-state index in [-0.39, 0.29) is 17.4 Å². The maximum Gasteiger partial charge on any atom is 0.256 e. The van der Waals surface area contributed by atoms with Gasteiger partial charge in [-0.1, -0.05) is 18.2 Å². The zero-order valence-electron chi connectivity index (χ0n) is 16.7. The molecule has 0 aromatic heterocycles. The van der Waals surface area contributed by atoms with Crippen LogP contribution >= 0.6 is 22.6 Å². The third kappa shape index (κ3) is 5.04. The van der Waals surface area contributed by atoms with Gasteiger partial charge in [-0.05, 0) is 77.2 Å². The van der Waals surface area contributed by atoms with Gasteiger partial charge in [-0.3, -0.25) is 9.59 Å². The van der Waals surface area contributed by atoms with Gasteiger partial charge in [0.25, 0.3) is 11.8 Å². The molecule has 31 heavy (non-hydrogen) atoms. The highest BCUT2D eigenvalue weighted by molar-refractivity contribution is 14.1. The second-order valence-electron chi connectivity index (χ2n) is 7.27. The van der Waals surface area contributed by atoms with Crippen LogP contribution in [0.2, 0.25) is 0 Å². The van der Waals surface area contributed by atoms with Crippen molar-refractivity contribution in [2.24, 2.45) is 0 Å². The van der Waals surface area contributed by atoms with Crippen molar-refractivity contribution in [2.75, 3.05) is 36.4 Å². The van der Waals surface area contributed by atoms with Crippen molar-refractivity contribution in [3.05, 3.63) is 93.3 Å². The molecule has 158 valence electrons. The Labute approximate surface area is 194 Å². The van der Waals surface area contributed by atoms with E-state index < -0.39 is 5.82 Å². The number of halogens is 2. The first kappa shape index (κ1) is 21.3.